The van der Waals surface area contributed by atoms with Gasteiger partial charge in [0.2, 0.25) is 0 Å². The molecule has 3 aromatic heterocycles. The van der Waals surface area contributed by atoms with E-state index >= 15 is 0 Å². The van der Waals surface area contributed by atoms with Gasteiger partial charge in [0.15, 0.2) is 5.78 Å². The molecule has 0 radical (unpaired) electrons. The van der Waals surface area contributed by atoms with Crippen molar-refractivity contribution >= 4 is 157 Å². The van der Waals surface area contributed by atoms with Crippen molar-refractivity contribution in [3.8, 4) is 11.5 Å². The number of hydrogen-bond acceptors (Lipinski definition) is 19. The first-order valence-electron chi connectivity index (χ1n) is 41.7. The standard InChI is InChI=1S/C33H32Cl2N4O3.C26H25Cl2N3O2.C24H19Cl3N2O2.C15H25BN2O3.CH4/c1-41-17-5-16-36-31-15-10-24(20-37-31)32-27-19-25(34)11-14-30(27)39(21-22-8-12-26(42-2)13-9-22)33(40)29(38-32)18-23-6-3-4-7-28(23)35;1-33-12-4-11-29-25-10-8-19(16-30-25)26-21-15-20(27)9-7-17(21)14-24(32)23(31-26)13-18-5-2-3-6-22(18)28;1-31-18-9-6-15(7-10-18)14-29-22-11-8-17(25)13-19(22)23(27)28-21(24(29)30)12-16-4-2-3-5-20(16)26;1-14(2)15(3,4)21-16(20-14)12-7-8-13(18-11-12)17-9-6-10-19-5;/h3-4,6-15,19-20,29H,5,16-18,21H2,1-2H3,(H,36,37);2-3,5-10,15-16,23H,4,11-14H2,1H3,(H,29,30);2-11,13,21H,12,14H2,1H3;7-8,11H,6,9-10H2,1-5H3,(H,17,18);1H4/t29-;23-;21-;;/m000../s1. The van der Waals surface area contributed by atoms with Crippen LogP contribution in [0.2, 0.25) is 30.1 Å². The first-order chi connectivity index (χ1) is 61.3. The Morgan fingerprint density at radius 3 is 1.23 bits per heavy atom. The highest BCUT2D eigenvalue weighted by molar-refractivity contribution is 6.70. The number of nitrogens with one attached hydrogen (secondary N) is 3. The molecule has 0 unspecified atom stereocenters. The van der Waals surface area contributed by atoms with Crippen molar-refractivity contribution in [1.82, 2.24) is 15.0 Å². The predicted octanol–water partition coefficient (Wildman–Crippen LogP) is 20.9. The van der Waals surface area contributed by atoms with Gasteiger partial charge in [-0.25, -0.2) is 15.0 Å². The number of halogens is 7. The molecule has 11 aromatic rings. The second-order valence-electron chi connectivity index (χ2n) is 31.4. The maximum absolute atomic E-state index is 14.3. The lowest BCUT2D eigenvalue weighted by atomic mass is 9.80. The highest BCUT2D eigenvalue weighted by Crippen LogP contribution is 2.39. The number of Topliss-reactive ketones (excluding diaryl/α,β-unsaturated/α-hetero) is 1. The van der Waals surface area contributed by atoms with E-state index in [0.717, 1.165) is 141 Å². The Morgan fingerprint density at radius 1 is 0.430 bits per heavy atom. The first kappa shape index (κ1) is 98.3. The molecule has 128 heavy (non-hydrogen) atoms. The molecule has 8 aromatic carbocycles. The molecule has 0 saturated carbocycles. The van der Waals surface area contributed by atoms with E-state index in [-0.39, 0.29) is 48.5 Å². The van der Waals surface area contributed by atoms with Gasteiger partial charge in [-0.15, -0.1) is 0 Å². The summed E-state index contributed by atoms with van der Waals surface area (Å²) in [7, 11) is 7.97. The number of aromatic nitrogens is 3. The smallest absolute Gasteiger partial charge is 0.496 e. The number of ether oxygens (including phenoxy) is 5. The molecule has 4 aliphatic heterocycles. The monoisotopic (exact) mass is 1860 g/mol. The van der Waals surface area contributed by atoms with Gasteiger partial charge in [-0.05, 0) is 202 Å². The molecule has 0 aliphatic carbocycles. The number of rotatable bonds is 30. The minimum absolute atomic E-state index is 0. The fraction of sp³-hybridized carbons (Fsp3) is 0.303. The summed E-state index contributed by atoms with van der Waals surface area (Å²) in [4.78, 5) is 72.8. The third-order valence-electron chi connectivity index (χ3n) is 22.0. The average molecular weight is 1870 g/mol. The van der Waals surface area contributed by atoms with Gasteiger partial charge in [-0.3, -0.25) is 29.4 Å². The van der Waals surface area contributed by atoms with Gasteiger partial charge >= 0.3 is 7.12 Å². The second kappa shape index (κ2) is 47.3. The second-order valence-corrected chi connectivity index (χ2v) is 34.3. The Labute approximate surface area is 785 Å². The van der Waals surface area contributed by atoms with Crippen LogP contribution in [0.1, 0.15) is 116 Å². The van der Waals surface area contributed by atoms with Gasteiger partial charge < -0.3 is 58.7 Å². The number of fused-ring (bicyclic) bond motifs is 3. The lowest BCUT2D eigenvalue weighted by Gasteiger charge is -2.32. The number of benzene rings is 8. The number of benzodiazepines with no additional fused rings is 2. The van der Waals surface area contributed by atoms with Crippen LogP contribution >= 0.6 is 81.2 Å². The van der Waals surface area contributed by atoms with Crippen LogP contribution in [0, 0.1) is 0 Å². The molecule has 29 heteroatoms. The summed E-state index contributed by atoms with van der Waals surface area (Å²) in [6, 6.07) is 64.0. The zero-order valence-corrected chi connectivity index (χ0v) is 77.5. The minimum Gasteiger partial charge on any atom is -0.497 e. The Bertz CT molecular complexity index is 5650. The maximum Gasteiger partial charge on any atom is 0.496 e. The third-order valence-corrected chi connectivity index (χ3v) is 24.1. The van der Waals surface area contributed by atoms with E-state index < -0.39 is 18.1 Å². The van der Waals surface area contributed by atoms with Gasteiger partial charge in [0.05, 0.1) is 61.3 Å². The van der Waals surface area contributed by atoms with Gasteiger partial charge in [0, 0.05) is 168 Å². The molecule has 4 aliphatic rings. The molecule has 3 atom stereocenters. The van der Waals surface area contributed by atoms with Crippen molar-refractivity contribution in [1.29, 1.82) is 0 Å². The first-order valence-corrected chi connectivity index (χ1v) is 44.3. The Balaban J connectivity index is 0.000000169. The van der Waals surface area contributed by atoms with Gasteiger partial charge in [0.1, 0.15) is 52.2 Å². The van der Waals surface area contributed by atoms with E-state index in [2.05, 4.69) is 35.9 Å². The zero-order chi connectivity index (χ0) is 90.2. The molecule has 1 fully saturated rings. The summed E-state index contributed by atoms with van der Waals surface area (Å²) < 4.78 is 37.8. The summed E-state index contributed by atoms with van der Waals surface area (Å²) >= 11 is 44.9. The number of carbonyl (C=O) groups is 3. The van der Waals surface area contributed by atoms with Crippen LogP contribution in [0.25, 0.3) is 0 Å². The van der Waals surface area contributed by atoms with E-state index in [4.69, 9.17) is 124 Å². The largest absolute Gasteiger partial charge is 0.497 e. The number of ketones is 1. The van der Waals surface area contributed by atoms with Crippen LogP contribution in [-0.4, -0.2) is 161 Å². The quantitative estimate of drug-likeness (QED) is 0.0280. The van der Waals surface area contributed by atoms with E-state index in [1.165, 1.54) is 0 Å². The molecular weight excluding hydrogens is 1760 g/mol. The molecule has 2 amide bonds. The van der Waals surface area contributed by atoms with E-state index in [0.29, 0.717) is 105 Å². The maximum atomic E-state index is 14.3. The van der Waals surface area contributed by atoms with Crippen LogP contribution in [0.3, 0.4) is 0 Å². The van der Waals surface area contributed by atoms with Crippen molar-refractivity contribution < 1.29 is 47.4 Å². The number of aliphatic imine (C=N–C) groups is 3. The summed E-state index contributed by atoms with van der Waals surface area (Å²) in [5, 5.41) is 13.6. The van der Waals surface area contributed by atoms with Crippen LogP contribution in [0.15, 0.2) is 246 Å². The van der Waals surface area contributed by atoms with Crippen molar-refractivity contribution in [2.75, 3.05) is 101 Å². The summed E-state index contributed by atoms with van der Waals surface area (Å²) in [5.41, 5.74) is 12.3. The number of nitrogens with zero attached hydrogens (tertiary/aromatic N) is 8. The molecule has 3 N–H and O–H groups in total. The molecule has 7 heterocycles. The lowest BCUT2D eigenvalue weighted by Crippen LogP contribution is -2.41. The predicted molar refractivity (Wildman–Crippen MR) is 522 cm³/mol. The van der Waals surface area contributed by atoms with Crippen molar-refractivity contribution in [3.05, 3.63) is 322 Å². The number of hydrogen-bond donors (Lipinski definition) is 3. The Hall–Kier alpha value is -10.3. The average Bonchev–Trinajstić information content (AvgIpc) is 1.61. The van der Waals surface area contributed by atoms with Gasteiger partial charge in [0.25, 0.3) is 11.8 Å². The van der Waals surface area contributed by atoms with Crippen LogP contribution in [-0.2, 0) is 76.7 Å². The minimum atomic E-state index is -0.726. The van der Waals surface area contributed by atoms with E-state index in [1.807, 2.05) is 210 Å². The number of carbonyl (C=O) groups excluding carboxylic acids is 3. The number of pyridine rings is 3. The molecule has 15 rings (SSSR count). The highest BCUT2D eigenvalue weighted by atomic mass is 35.5. The van der Waals surface area contributed by atoms with Crippen molar-refractivity contribution in [3.63, 3.8) is 0 Å². The number of anilines is 5. The summed E-state index contributed by atoms with van der Waals surface area (Å²) in [5.74, 6) is 3.65. The van der Waals surface area contributed by atoms with Crippen LogP contribution < -0.4 is 40.7 Å². The highest BCUT2D eigenvalue weighted by Gasteiger charge is 2.52. The fourth-order valence-corrected chi connectivity index (χ4v) is 15.8. The molecule has 0 spiro atoms. The normalized spacial score (nSPS) is 15.9. The van der Waals surface area contributed by atoms with E-state index in [9.17, 15) is 14.4 Å². The van der Waals surface area contributed by atoms with E-state index in [1.54, 1.807) is 94.3 Å². The van der Waals surface area contributed by atoms with Gasteiger partial charge in [-0.1, -0.05) is 180 Å². The van der Waals surface area contributed by atoms with Gasteiger partial charge in [-0.2, -0.15) is 0 Å². The zero-order valence-electron chi connectivity index (χ0n) is 72.2. The van der Waals surface area contributed by atoms with Crippen molar-refractivity contribution in [2.45, 2.75) is 122 Å². The topological polar surface area (TPSA) is 234 Å². The van der Waals surface area contributed by atoms with Crippen LogP contribution in [0.4, 0.5) is 28.8 Å². The fourth-order valence-electron chi connectivity index (χ4n) is 14.4. The number of amides is 2. The molecule has 0 bridgehead atoms. The molecule has 1 saturated heterocycles. The molecular formula is C99H105BCl7N11O10. The molecule has 21 nitrogen and oxygen atoms in total. The lowest BCUT2D eigenvalue weighted by molar-refractivity contribution is -0.120. The third kappa shape index (κ3) is 26.3. The number of methoxy groups -OCH3 is 5. The Morgan fingerprint density at radius 2 is 0.812 bits per heavy atom. The SMILES string of the molecule is C.COCCCNc1ccc(B2OC(C)(C)C(C)(C)O2)cn1.COCCCNc1ccc(C2=N[C@@H](Cc3ccccc3Cl)C(=O)Cc3ccc(Cl)cc32)cn1.COCCCNc1ccc(C2=N[C@@H](Cc3ccccc3Cl)C(=O)N(Cc3ccc(OC)cc3)c3ccc(Cl)cc32)cn1.COc1ccc(CN2C(=O)[C@H](Cc3ccccc3Cl)N=C(Cl)c3cc(Cl)ccc32)cc1. The Kier molecular flexibility index (Phi) is 36.4. The molecule has 668 valence electrons. The summed E-state index contributed by atoms with van der Waals surface area (Å²) in [6.45, 7) is 13.4. The van der Waals surface area contributed by atoms with Crippen molar-refractivity contribution in [2.24, 2.45) is 15.0 Å². The van der Waals surface area contributed by atoms with Crippen LogP contribution in [0.5, 0.6) is 11.5 Å². The summed E-state index contributed by atoms with van der Waals surface area (Å²) in [6.07, 6.45) is 9.50.